The van der Waals surface area contributed by atoms with E-state index in [2.05, 4.69) is 4.72 Å². The van der Waals surface area contributed by atoms with E-state index in [1.807, 2.05) is 0 Å². The molecule has 1 aliphatic rings. The monoisotopic (exact) mass is 355 g/mol. The number of aromatic nitrogens is 1. The highest BCUT2D eigenvalue weighted by Crippen LogP contribution is 2.22. The lowest BCUT2D eigenvalue weighted by Gasteiger charge is -2.12. The Hall–Kier alpha value is -2.42. The Morgan fingerprint density at radius 2 is 1.88 bits per heavy atom. The van der Waals surface area contributed by atoms with E-state index in [0.29, 0.717) is 19.5 Å². The summed E-state index contributed by atoms with van der Waals surface area (Å²) < 4.78 is 54.8. The molecule has 1 aromatic carbocycles. The van der Waals surface area contributed by atoms with E-state index in [-0.39, 0.29) is 22.2 Å². The fraction of sp³-hybridized carbons (Fsp3) is 0.267. The molecule has 0 saturated heterocycles. The van der Waals surface area contributed by atoms with Crippen LogP contribution < -0.4 is 4.72 Å². The van der Waals surface area contributed by atoms with Crippen molar-refractivity contribution in [1.29, 1.82) is 0 Å². The quantitative estimate of drug-likeness (QED) is 0.916. The first kappa shape index (κ1) is 16.4. The fourth-order valence-electron chi connectivity index (χ4n) is 2.54. The van der Waals surface area contributed by atoms with Gasteiger partial charge in [-0.2, -0.15) is 0 Å². The van der Waals surface area contributed by atoms with Gasteiger partial charge in [0.1, 0.15) is 10.6 Å². The van der Waals surface area contributed by atoms with Gasteiger partial charge < -0.3 is 9.47 Å². The zero-order valence-electron chi connectivity index (χ0n) is 12.8. The number of hydrogen-bond donors (Lipinski definition) is 1. The van der Waals surface area contributed by atoms with Crippen molar-refractivity contribution in [2.45, 2.75) is 17.9 Å². The van der Waals surface area contributed by atoms with E-state index in [9.17, 15) is 22.0 Å². The molecule has 24 heavy (non-hydrogen) atoms. The third kappa shape index (κ3) is 2.99. The molecule has 0 fully saturated rings. The summed E-state index contributed by atoms with van der Waals surface area (Å²) in [4.78, 5) is 13.6. The van der Waals surface area contributed by atoms with Crippen molar-refractivity contribution < 1.29 is 22.0 Å². The largest absolute Gasteiger partial charge is 0.342 e. The predicted octanol–water partition coefficient (Wildman–Crippen LogP) is 2.04. The molecular weight excluding hydrogens is 340 g/mol. The number of carbonyl (C=O) groups is 1. The Morgan fingerprint density at radius 1 is 1.12 bits per heavy atom. The number of carbonyl (C=O) groups excluding carboxylic acids is 1. The van der Waals surface area contributed by atoms with Crippen LogP contribution in [0, 0.1) is 11.6 Å². The molecule has 3 rings (SSSR count). The highest BCUT2D eigenvalue weighted by atomic mass is 32.2. The molecule has 0 atom stereocenters. The Kier molecular flexibility index (Phi) is 4.04. The smallest absolute Gasteiger partial charge is 0.270 e. The second kappa shape index (κ2) is 5.90. The van der Waals surface area contributed by atoms with Gasteiger partial charge in [0.25, 0.3) is 15.9 Å². The van der Waals surface area contributed by atoms with Gasteiger partial charge in [-0.1, -0.05) is 0 Å². The van der Waals surface area contributed by atoms with Gasteiger partial charge in [-0.25, -0.2) is 17.2 Å². The zero-order chi connectivity index (χ0) is 17.5. The maximum absolute atomic E-state index is 13.2. The first-order valence-corrected chi connectivity index (χ1v) is 8.70. The van der Waals surface area contributed by atoms with Crippen molar-refractivity contribution in [1.82, 2.24) is 9.47 Å². The van der Waals surface area contributed by atoms with Crippen molar-refractivity contribution in [3.05, 3.63) is 47.8 Å². The normalized spacial score (nSPS) is 15.1. The molecule has 9 heteroatoms. The zero-order valence-corrected chi connectivity index (χ0v) is 13.6. The minimum absolute atomic E-state index is 0.0984. The molecule has 0 spiro atoms. The number of benzene rings is 1. The summed E-state index contributed by atoms with van der Waals surface area (Å²) in [5, 5.41) is 0. The molecule has 2 heterocycles. The van der Waals surface area contributed by atoms with Crippen LogP contribution in [-0.2, 0) is 16.6 Å². The molecule has 0 aliphatic carbocycles. The van der Waals surface area contributed by atoms with Gasteiger partial charge >= 0.3 is 0 Å². The summed E-state index contributed by atoms with van der Waals surface area (Å²) >= 11 is 0. The first-order valence-electron chi connectivity index (χ1n) is 7.21. The number of hydrogen-bond acceptors (Lipinski definition) is 3. The number of sulfonamides is 1. The van der Waals surface area contributed by atoms with E-state index < -0.39 is 21.7 Å². The Morgan fingerprint density at radius 3 is 2.58 bits per heavy atom. The summed E-state index contributed by atoms with van der Waals surface area (Å²) in [7, 11) is -2.37. The van der Waals surface area contributed by atoms with Gasteiger partial charge in [-0.15, -0.1) is 0 Å². The van der Waals surface area contributed by atoms with Crippen LogP contribution in [-0.4, -0.2) is 37.4 Å². The highest BCUT2D eigenvalue weighted by Gasteiger charge is 2.25. The predicted molar refractivity (Wildman–Crippen MR) is 83.2 cm³/mol. The summed E-state index contributed by atoms with van der Waals surface area (Å²) in [5.41, 5.74) is 0.180. The van der Waals surface area contributed by atoms with Gasteiger partial charge in [-0.05, 0) is 24.6 Å². The van der Waals surface area contributed by atoms with E-state index >= 15 is 0 Å². The molecule has 0 radical (unpaired) electrons. The summed E-state index contributed by atoms with van der Waals surface area (Å²) in [6.07, 6.45) is 2.08. The lowest BCUT2D eigenvalue weighted by atomic mass is 10.3. The number of fused-ring (bicyclic) bond motifs is 1. The lowest BCUT2D eigenvalue weighted by molar-refractivity contribution is 0.0796. The second-order valence-electron chi connectivity index (χ2n) is 5.57. The van der Waals surface area contributed by atoms with Crippen LogP contribution in [0.1, 0.15) is 16.9 Å². The van der Waals surface area contributed by atoms with Gasteiger partial charge in [-0.3, -0.25) is 9.52 Å². The van der Waals surface area contributed by atoms with Crippen molar-refractivity contribution in [3.8, 4) is 0 Å². The second-order valence-corrected chi connectivity index (χ2v) is 7.25. The Bertz CT molecular complexity index is 909. The molecule has 6 nitrogen and oxygen atoms in total. The molecular formula is C15H15F2N3O3S. The molecule has 1 N–H and O–H groups in total. The van der Waals surface area contributed by atoms with Gasteiger partial charge in [0, 0.05) is 32.4 Å². The lowest BCUT2D eigenvalue weighted by Crippen LogP contribution is -2.26. The highest BCUT2D eigenvalue weighted by molar-refractivity contribution is 7.92. The third-order valence-electron chi connectivity index (χ3n) is 3.81. The van der Waals surface area contributed by atoms with Gasteiger partial charge in [0.2, 0.25) is 0 Å². The molecule has 2 aromatic rings. The number of amides is 1. The number of rotatable bonds is 3. The molecule has 1 amide bonds. The summed E-state index contributed by atoms with van der Waals surface area (Å²) in [6.45, 7) is 1.11. The van der Waals surface area contributed by atoms with Crippen LogP contribution in [0.25, 0.3) is 0 Å². The maximum atomic E-state index is 13.2. The number of aryl methyl sites for hydroxylation is 1. The van der Waals surface area contributed by atoms with E-state index in [4.69, 9.17) is 0 Å². The van der Waals surface area contributed by atoms with Crippen molar-refractivity contribution >= 4 is 21.6 Å². The summed E-state index contributed by atoms with van der Waals surface area (Å²) in [6, 6.07) is 4.00. The molecule has 1 aliphatic heterocycles. The minimum atomic E-state index is -4.02. The molecule has 0 unspecified atom stereocenters. The van der Waals surface area contributed by atoms with Gasteiger partial charge in [0.05, 0.1) is 5.69 Å². The van der Waals surface area contributed by atoms with Crippen molar-refractivity contribution in [3.63, 3.8) is 0 Å². The number of nitrogens with zero attached hydrogens (tertiary/aromatic N) is 2. The van der Waals surface area contributed by atoms with E-state index in [1.54, 1.807) is 11.6 Å². The average Bonchev–Trinajstić information content (AvgIpc) is 2.90. The van der Waals surface area contributed by atoms with Crippen LogP contribution >= 0.6 is 0 Å². The molecule has 128 valence electrons. The first-order chi connectivity index (χ1) is 11.3. The van der Waals surface area contributed by atoms with Crippen LogP contribution in [0.4, 0.5) is 14.5 Å². The number of halogens is 2. The fourth-order valence-corrected chi connectivity index (χ4v) is 3.63. The third-order valence-corrected chi connectivity index (χ3v) is 5.16. The molecule has 0 bridgehead atoms. The minimum Gasteiger partial charge on any atom is -0.342 e. The topological polar surface area (TPSA) is 71.4 Å². The summed E-state index contributed by atoms with van der Waals surface area (Å²) in [5.74, 6) is -2.48. The molecule has 1 aromatic heterocycles. The van der Waals surface area contributed by atoms with Crippen molar-refractivity contribution in [2.24, 2.45) is 0 Å². The maximum Gasteiger partial charge on any atom is 0.270 e. The van der Waals surface area contributed by atoms with Crippen LogP contribution in [0.5, 0.6) is 0 Å². The van der Waals surface area contributed by atoms with E-state index in [0.717, 1.165) is 18.2 Å². The number of anilines is 1. The van der Waals surface area contributed by atoms with Crippen LogP contribution in [0.3, 0.4) is 0 Å². The van der Waals surface area contributed by atoms with Crippen molar-refractivity contribution in [2.75, 3.05) is 18.3 Å². The number of nitrogens with one attached hydrogen (secondary N) is 1. The van der Waals surface area contributed by atoms with Gasteiger partial charge in [0.15, 0.2) is 11.6 Å². The van der Waals surface area contributed by atoms with E-state index in [1.165, 1.54) is 17.2 Å². The average molecular weight is 355 g/mol. The molecule has 0 saturated carbocycles. The SMILES string of the molecule is CN1CCCn2cc(S(=O)(=O)Nc3ccc(F)c(F)c3)cc2C1=O. The Labute approximate surface area is 137 Å². The Balaban J connectivity index is 1.93. The van der Waals surface area contributed by atoms with Crippen LogP contribution in [0.15, 0.2) is 35.4 Å². The van der Waals surface area contributed by atoms with Crippen LogP contribution in [0.2, 0.25) is 0 Å². The standard InChI is InChI=1S/C15H15F2N3O3S/c1-19-5-2-6-20-9-11(8-14(20)15(19)21)24(22,23)18-10-3-4-12(16)13(17)7-10/h3-4,7-9,18H,2,5-6H2,1H3.